The van der Waals surface area contributed by atoms with Crippen molar-refractivity contribution < 1.29 is 18.3 Å². The predicted octanol–water partition coefficient (Wildman–Crippen LogP) is 4.58. The van der Waals surface area contributed by atoms with E-state index in [4.69, 9.17) is 5.11 Å². The van der Waals surface area contributed by atoms with E-state index >= 15 is 0 Å². The summed E-state index contributed by atoms with van der Waals surface area (Å²) in [6.45, 7) is 2.64. The van der Waals surface area contributed by atoms with Gasteiger partial charge in [0.05, 0.1) is 10.5 Å². The summed E-state index contributed by atoms with van der Waals surface area (Å²) in [5.74, 6) is -1.07. The van der Waals surface area contributed by atoms with Crippen LogP contribution in [0.4, 0.5) is 0 Å². The van der Waals surface area contributed by atoms with Gasteiger partial charge < -0.3 is 5.11 Å². The van der Waals surface area contributed by atoms with Crippen LogP contribution in [0.25, 0.3) is 0 Å². The van der Waals surface area contributed by atoms with Gasteiger partial charge in [-0.3, -0.25) is 0 Å². The summed E-state index contributed by atoms with van der Waals surface area (Å²) in [4.78, 5) is 10.9. The number of carboxylic acid groups (broad SMARTS) is 1. The van der Waals surface area contributed by atoms with Crippen LogP contribution in [-0.2, 0) is 10.0 Å². The standard InChI is InChI=1S/C19H31NO4S/c1-2-3-4-5-6-7-8-9-10-11-16-20-25(23,24)18-14-12-17(13-15-18)19(21)22/h12-15,20H,2-11,16H2,1H3,(H,21,22). The van der Waals surface area contributed by atoms with Crippen molar-refractivity contribution in [1.82, 2.24) is 4.72 Å². The highest BCUT2D eigenvalue weighted by Crippen LogP contribution is 2.12. The first-order valence-electron chi connectivity index (χ1n) is 9.30. The van der Waals surface area contributed by atoms with Gasteiger partial charge in [0.1, 0.15) is 0 Å². The van der Waals surface area contributed by atoms with Crippen LogP contribution in [0.2, 0.25) is 0 Å². The van der Waals surface area contributed by atoms with Gasteiger partial charge in [0.15, 0.2) is 0 Å². The summed E-state index contributed by atoms with van der Waals surface area (Å²) in [5, 5.41) is 8.83. The van der Waals surface area contributed by atoms with Crippen molar-refractivity contribution in [2.24, 2.45) is 0 Å². The fourth-order valence-electron chi connectivity index (χ4n) is 2.68. The van der Waals surface area contributed by atoms with Gasteiger partial charge >= 0.3 is 5.97 Å². The fraction of sp³-hybridized carbons (Fsp3) is 0.632. The van der Waals surface area contributed by atoms with Gasteiger partial charge in [-0.05, 0) is 30.7 Å². The van der Waals surface area contributed by atoms with E-state index in [1.807, 2.05) is 0 Å². The summed E-state index contributed by atoms with van der Waals surface area (Å²) in [5.41, 5.74) is 0.0774. The topological polar surface area (TPSA) is 83.5 Å². The van der Waals surface area contributed by atoms with E-state index in [9.17, 15) is 13.2 Å². The number of unbranched alkanes of at least 4 members (excludes halogenated alkanes) is 9. The molecule has 0 aromatic heterocycles. The van der Waals surface area contributed by atoms with Gasteiger partial charge in [0.25, 0.3) is 0 Å². The predicted molar refractivity (Wildman–Crippen MR) is 100 cm³/mol. The van der Waals surface area contributed by atoms with Crippen molar-refractivity contribution in [2.75, 3.05) is 6.54 Å². The third kappa shape index (κ3) is 9.02. The van der Waals surface area contributed by atoms with Gasteiger partial charge in [-0.1, -0.05) is 64.7 Å². The van der Waals surface area contributed by atoms with Gasteiger partial charge in [0, 0.05) is 6.54 Å². The number of hydrogen-bond donors (Lipinski definition) is 2. The molecule has 0 saturated heterocycles. The zero-order valence-electron chi connectivity index (χ0n) is 15.2. The Bertz CT molecular complexity index is 596. The average molecular weight is 370 g/mol. The van der Waals surface area contributed by atoms with E-state index in [0.29, 0.717) is 6.54 Å². The highest BCUT2D eigenvalue weighted by molar-refractivity contribution is 7.89. The second kappa shape index (κ2) is 12.0. The molecule has 0 amide bonds. The Hall–Kier alpha value is -1.40. The number of carboxylic acids is 1. The molecule has 1 rings (SSSR count). The molecule has 0 spiro atoms. The molecule has 0 atom stereocenters. The molecule has 0 heterocycles. The van der Waals surface area contributed by atoms with Crippen molar-refractivity contribution >= 4 is 16.0 Å². The minimum absolute atomic E-state index is 0.0774. The van der Waals surface area contributed by atoms with E-state index < -0.39 is 16.0 Å². The third-order valence-electron chi connectivity index (χ3n) is 4.23. The Morgan fingerprint density at radius 1 is 0.880 bits per heavy atom. The zero-order chi connectivity index (χ0) is 18.5. The minimum atomic E-state index is -3.56. The lowest BCUT2D eigenvalue weighted by molar-refractivity contribution is 0.0696. The number of nitrogens with one attached hydrogen (secondary N) is 1. The zero-order valence-corrected chi connectivity index (χ0v) is 16.0. The van der Waals surface area contributed by atoms with Crippen LogP contribution in [0.15, 0.2) is 29.2 Å². The van der Waals surface area contributed by atoms with Crippen molar-refractivity contribution in [1.29, 1.82) is 0 Å². The molecule has 0 fully saturated rings. The van der Waals surface area contributed by atoms with Crippen LogP contribution in [0.3, 0.4) is 0 Å². The lowest BCUT2D eigenvalue weighted by Crippen LogP contribution is -2.24. The second-order valence-corrected chi connectivity index (χ2v) is 8.18. The largest absolute Gasteiger partial charge is 0.478 e. The van der Waals surface area contributed by atoms with E-state index in [-0.39, 0.29) is 10.5 Å². The normalized spacial score (nSPS) is 11.6. The molecule has 1 aromatic carbocycles. The molecular formula is C19H31NO4S. The summed E-state index contributed by atoms with van der Waals surface area (Å²) in [7, 11) is -3.56. The molecule has 6 heteroatoms. The summed E-state index contributed by atoms with van der Waals surface area (Å²) >= 11 is 0. The van der Waals surface area contributed by atoms with E-state index in [0.717, 1.165) is 19.3 Å². The van der Waals surface area contributed by atoms with Crippen LogP contribution in [0.5, 0.6) is 0 Å². The number of aromatic carboxylic acids is 1. The second-order valence-electron chi connectivity index (χ2n) is 6.41. The number of rotatable bonds is 14. The van der Waals surface area contributed by atoms with Gasteiger partial charge in [0.2, 0.25) is 10.0 Å². The average Bonchev–Trinajstić information content (AvgIpc) is 2.59. The molecule has 0 bridgehead atoms. The number of benzene rings is 1. The molecule has 25 heavy (non-hydrogen) atoms. The molecule has 0 aliphatic heterocycles. The molecule has 1 aromatic rings. The Balaban J connectivity index is 2.15. The number of hydrogen-bond acceptors (Lipinski definition) is 3. The Morgan fingerprint density at radius 3 is 1.84 bits per heavy atom. The Morgan fingerprint density at radius 2 is 1.36 bits per heavy atom. The molecule has 0 saturated carbocycles. The first-order chi connectivity index (χ1) is 12.0. The van der Waals surface area contributed by atoms with Crippen molar-refractivity contribution in [3.05, 3.63) is 29.8 Å². The summed E-state index contributed by atoms with van der Waals surface area (Å²) in [6.07, 6.45) is 12.1. The molecule has 0 aliphatic carbocycles. The van der Waals surface area contributed by atoms with Crippen LogP contribution in [0.1, 0.15) is 81.5 Å². The molecule has 2 N–H and O–H groups in total. The maximum absolute atomic E-state index is 12.1. The quantitative estimate of drug-likeness (QED) is 0.470. The maximum atomic E-state index is 12.1. The Labute approximate surface area is 151 Å². The Kier molecular flexibility index (Phi) is 10.4. The molecule has 0 radical (unpaired) electrons. The van der Waals surface area contributed by atoms with E-state index in [1.165, 1.54) is 69.2 Å². The van der Waals surface area contributed by atoms with Crippen molar-refractivity contribution in [3.8, 4) is 0 Å². The third-order valence-corrected chi connectivity index (χ3v) is 5.71. The van der Waals surface area contributed by atoms with Crippen molar-refractivity contribution in [2.45, 2.75) is 76.0 Å². The van der Waals surface area contributed by atoms with Crippen LogP contribution in [0, 0.1) is 0 Å². The number of carbonyl (C=O) groups is 1. The lowest BCUT2D eigenvalue weighted by atomic mass is 10.1. The monoisotopic (exact) mass is 369 g/mol. The molecule has 0 aliphatic rings. The van der Waals surface area contributed by atoms with Crippen molar-refractivity contribution in [3.63, 3.8) is 0 Å². The lowest BCUT2D eigenvalue weighted by Gasteiger charge is -2.07. The van der Waals surface area contributed by atoms with Crippen LogP contribution >= 0.6 is 0 Å². The summed E-state index contributed by atoms with van der Waals surface area (Å²) < 4.78 is 26.8. The first kappa shape index (κ1) is 21.6. The van der Waals surface area contributed by atoms with Gasteiger partial charge in [-0.2, -0.15) is 0 Å². The summed E-state index contributed by atoms with van der Waals surface area (Å²) in [6, 6.07) is 5.25. The SMILES string of the molecule is CCCCCCCCCCCCNS(=O)(=O)c1ccc(C(=O)O)cc1. The van der Waals surface area contributed by atoms with Gasteiger partial charge in [-0.15, -0.1) is 0 Å². The molecular weight excluding hydrogens is 338 g/mol. The molecule has 142 valence electrons. The highest BCUT2D eigenvalue weighted by Gasteiger charge is 2.13. The van der Waals surface area contributed by atoms with Crippen LogP contribution < -0.4 is 4.72 Å². The molecule has 5 nitrogen and oxygen atoms in total. The highest BCUT2D eigenvalue weighted by atomic mass is 32.2. The minimum Gasteiger partial charge on any atom is -0.478 e. The number of sulfonamides is 1. The smallest absolute Gasteiger partial charge is 0.335 e. The maximum Gasteiger partial charge on any atom is 0.335 e. The van der Waals surface area contributed by atoms with E-state index in [1.54, 1.807) is 0 Å². The van der Waals surface area contributed by atoms with E-state index in [2.05, 4.69) is 11.6 Å². The van der Waals surface area contributed by atoms with Crippen LogP contribution in [-0.4, -0.2) is 26.0 Å². The first-order valence-corrected chi connectivity index (χ1v) is 10.8. The van der Waals surface area contributed by atoms with Gasteiger partial charge in [-0.25, -0.2) is 17.9 Å². The molecule has 0 unspecified atom stereocenters. The fourth-order valence-corrected chi connectivity index (χ4v) is 3.75.